The van der Waals surface area contributed by atoms with E-state index in [0.717, 1.165) is 32.5 Å². The molecule has 94 valence electrons. The molecule has 0 radical (unpaired) electrons. The molecule has 1 aliphatic heterocycles. The molecule has 0 saturated carbocycles. The van der Waals surface area contributed by atoms with E-state index in [4.69, 9.17) is 0 Å². The van der Waals surface area contributed by atoms with Gasteiger partial charge in [0.05, 0.1) is 6.54 Å². The minimum absolute atomic E-state index is 0.147. The topological polar surface area (TPSA) is 44.4 Å². The number of nitrogens with zero attached hydrogens (tertiary/aromatic N) is 1. The van der Waals surface area contributed by atoms with E-state index in [1.165, 1.54) is 12.8 Å². The maximum absolute atomic E-state index is 11.5. The summed E-state index contributed by atoms with van der Waals surface area (Å²) < 4.78 is 0. The number of rotatable bonds is 7. The number of nitrogens with one attached hydrogen (secondary N) is 2. The Balaban J connectivity index is 2.07. The zero-order valence-corrected chi connectivity index (χ0v) is 10.6. The van der Waals surface area contributed by atoms with Crippen molar-refractivity contribution in [2.45, 2.75) is 38.6 Å². The summed E-state index contributed by atoms with van der Waals surface area (Å²) in [6.07, 6.45) is 4.70. The first-order valence-electron chi connectivity index (χ1n) is 6.41. The molecular weight excluding hydrogens is 202 g/mol. The molecule has 2 N–H and O–H groups in total. The van der Waals surface area contributed by atoms with Crippen molar-refractivity contribution in [2.24, 2.45) is 0 Å². The molecule has 4 nitrogen and oxygen atoms in total. The Kier molecular flexibility index (Phi) is 6.42. The van der Waals surface area contributed by atoms with Crippen molar-refractivity contribution in [2.75, 3.05) is 33.2 Å². The molecule has 1 unspecified atom stereocenters. The molecule has 4 heteroatoms. The van der Waals surface area contributed by atoms with Gasteiger partial charge in [-0.1, -0.05) is 13.3 Å². The first kappa shape index (κ1) is 13.5. The van der Waals surface area contributed by atoms with Crippen LogP contribution in [0.15, 0.2) is 0 Å². The van der Waals surface area contributed by atoms with Crippen molar-refractivity contribution in [1.82, 2.24) is 15.5 Å². The second-order valence-corrected chi connectivity index (χ2v) is 4.69. The van der Waals surface area contributed by atoms with Gasteiger partial charge in [-0.15, -0.1) is 0 Å². The molecule has 0 aliphatic carbocycles. The Labute approximate surface area is 98.8 Å². The van der Waals surface area contributed by atoms with E-state index in [1.54, 1.807) is 0 Å². The van der Waals surface area contributed by atoms with E-state index >= 15 is 0 Å². The van der Waals surface area contributed by atoms with Gasteiger partial charge in [0.2, 0.25) is 5.91 Å². The standard InChI is InChI=1S/C12H25N3O/c1-3-4-7-14-12(16)10-15(2)9-11-6-5-8-13-11/h11,13H,3-10H2,1-2H3,(H,14,16). The number of carbonyl (C=O) groups excluding carboxylic acids is 1. The minimum atomic E-state index is 0.147. The van der Waals surface area contributed by atoms with Crippen LogP contribution in [0.25, 0.3) is 0 Å². The highest BCUT2D eigenvalue weighted by molar-refractivity contribution is 5.77. The van der Waals surface area contributed by atoms with E-state index in [0.29, 0.717) is 12.6 Å². The summed E-state index contributed by atoms with van der Waals surface area (Å²) in [5.41, 5.74) is 0. The third-order valence-electron chi connectivity index (χ3n) is 2.96. The fourth-order valence-corrected chi connectivity index (χ4v) is 2.06. The molecule has 1 fully saturated rings. The van der Waals surface area contributed by atoms with E-state index < -0.39 is 0 Å². The van der Waals surface area contributed by atoms with Crippen LogP contribution in [0.4, 0.5) is 0 Å². The summed E-state index contributed by atoms with van der Waals surface area (Å²) in [6.45, 7) is 5.55. The molecule has 0 aromatic carbocycles. The molecule has 16 heavy (non-hydrogen) atoms. The largest absolute Gasteiger partial charge is 0.355 e. The van der Waals surface area contributed by atoms with Crippen LogP contribution in [0.3, 0.4) is 0 Å². The van der Waals surface area contributed by atoms with E-state index in [2.05, 4.69) is 22.5 Å². The van der Waals surface area contributed by atoms with Gasteiger partial charge in [-0.2, -0.15) is 0 Å². The van der Waals surface area contributed by atoms with E-state index in [1.807, 2.05) is 7.05 Å². The Morgan fingerprint density at radius 3 is 3.00 bits per heavy atom. The van der Waals surface area contributed by atoms with Crippen LogP contribution in [0.5, 0.6) is 0 Å². The summed E-state index contributed by atoms with van der Waals surface area (Å²) in [6, 6.07) is 0.577. The molecular formula is C12H25N3O. The van der Waals surface area contributed by atoms with Gasteiger partial charge in [0.15, 0.2) is 0 Å². The van der Waals surface area contributed by atoms with Gasteiger partial charge in [-0.05, 0) is 32.9 Å². The Morgan fingerprint density at radius 2 is 2.38 bits per heavy atom. The van der Waals surface area contributed by atoms with Gasteiger partial charge in [-0.25, -0.2) is 0 Å². The summed E-state index contributed by atoms with van der Waals surface area (Å²) >= 11 is 0. The molecule has 1 saturated heterocycles. The van der Waals surface area contributed by atoms with Crippen LogP contribution < -0.4 is 10.6 Å². The van der Waals surface area contributed by atoms with Crippen LogP contribution in [0.1, 0.15) is 32.6 Å². The number of hydrogen-bond donors (Lipinski definition) is 2. The molecule has 1 heterocycles. The van der Waals surface area contributed by atoms with Crippen LogP contribution in [-0.4, -0.2) is 50.1 Å². The van der Waals surface area contributed by atoms with Gasteiger partial charge in [0, 0.05) is 19.1 Å². The predicted molar refractivity (Wildman–Crippen MR) is 66.4 cm³/mol. The second kappa shape index (κ2) is 7.63. The number of unbranched alkanes of at least 4 members (excludes halogenated alkanes) is 1. The minimum Gasteiger partial charge on any atom is -0.355 e. The third-order valence-corrected chi connectivity index (χ3v) is 2.96. The Morgan fingerprint density at radius 1 is 1.56 bits per heavy atom. The molecule has 0 aromatic heterocycles. The fourth-order valence-electron chi connectivity index (χ4n) is 2.06. The monoisotopic (exact) mass is 227 g/mol. The number of carbonyl (C=O) groups is 1. The molecule has 1 amide bonds. The number of hydrogen-bond acceptors (Lipinski definition) is 3. The van der Waals surface area contributed by atoms with E-state index in [-0.39, 0.29) is 5.91 Å². The lowest BCUT2D eigenvalue weighted by Crippen LogP contribution is -2.41. The highest BCUT2D eigenvalue weighted by atomic mass is 16.2. The molecule has 0 aromatic rings. The first-order valence-corrected chi connectivity index (χ1v) is 6.41. The summed E-state index contributed by atoms with van der Waals surface area (Å²) in [4.78, 5) is 13.6. The third kappa shape index (κ3) is 5.47. The molecule has 0 bridgehead atoms. The summed E-state index contributed by atoms with van der Waals surface area (Å²) in [7, 11) is 2.01. The lowest BCUT2D eigenvalue weighted by Gasteiger charge is -2.20. The Hall–Kier alpha value is -0.610. The zero-order chi connectivity index (χ0) is 11.8. The van der Waals surface area contributed by atoms with Crippen LogP contribution in [-0.2, 0) is 4.79 Å². The first-order chi connectivity index (χ1) is 7.72. The summed E-state index contributed by atoms with van der Waals surface area (Å²) in [5.74, 6) is 0.147. The predicted octanol–water partition coefficient (Wildman–Crippen LogP) is 0.587. The average Bonchev–Trinajstić information content (AvgIpc) is 2.70. The maximum Gasteiger partial charge on any atom is 0.234 e. The number of amides is 1. The fraction of sp³-hybridized carbons (Fsp3) is 0.917. The molecule has 1 rings (SSSR count). The quantitative estimate of drug-likeness (QED) is 0.626. The highest BCUT2D eigenvalue weighted by Gasteiger charge is 2.16. The summed E-state index contributed by atoms with van der Waals surface area (Å²) in [5, 5.41) is 6.38. The van der Waals surface area contributed by atoms with Crippen molar-refractivity contribution in [1.29, 1.82) is 0 Å². The maximum atomic E-state index is 11.5. The highest BCUT2D eigenvalue weighted by Crippen LogP contribution is 2.05. The normalized spacial score (nSPS) is 20.3. The zero-order valence-electron chi connectivity index (χ0n) is 10.6. The second-order valence-electron chi connectivity index (χ2n) is 4.69. The van der Waals surface area contributed by atoms with Gasteiger partial charge >= 0.3 is 0 Å². The van der Waals surface area contributed by atoms with Crippen molar-refractivity contribution in [3.63, 3.8) is 0 Å². The van der Waals surface area contributed by atoms with Crippen molar-refractivity contribution in [3.8, 4) is 0 Å². The van der Waals surface area contributed by atoms with Crippen LogP contribution >= 0.6 is 0 Å². The van der Waals surface area contributed by atoms with Gasteiger partial charge in [-0.3, -0.25) is 9.69 Å². The molecule has 1 atom stereocenters. The van der Waals surface area contributed by atoms with Crippen molar-refractivity contribution >= 4 is 5.91 Å². The lowest BCUT2D eigenvalue weighted by atomic mass is 10.2. The van der Waals surface area contributed by atoms with Gasteiger partial charge in [0.1, 0.15) is 0 Å². The number of likely N-dealkylation sites (N-methyl/N-ethyl adjacent to an activating group) is 1. The van der Waals surface area contributed by atoms with Crippen molar-refractivity contribution < 1.29 is 4.79 Å². The molecule has 0 spiro atoms. The van der Waals surface area contributed by atoms with Crippen LogP contribution in [0.2, 0.25) is 0 Å². The lowest BCUT2D eigenvalue weighted by molar-refractivity contribution is -0.122. The van der Waals surface area contributed by atoms with Gasteiger partial charge < -0.3 is 10.6 Å². The van der Waals surface area contributed by atoms with E-state index in [9.17, 15) is 4.79 Å². The molecule has 1 aliphatic rings. The average molecular weight is 227 g/mol. The smallest absolute Gasteiger partial charge is 0.234 e. The SMILES string of the molecule is CCCCNC(=O)CN(C)CC1CCCN1. The van der Waals surface area contributed by atoms with Crippen molar-refractivity contribution in [3.05, 3.63) is 0 Å². The van der Waals surface area contributed by atoms with Crippen LogP contribution in [0, 0.1) is 0 Å². The van der Waals surface area contributed by atoms with Gasteiger partial charge in [0.25, 0.3) is 0 Å². The Bertz CT molecular complexity index is 202.